The second kappa shape index (κ2) is 11.8. The number of halogens is 10. The van der Waals surface area contributed by atoms with Gasteiger partial charge >= 0.3 is 24.6 Å². The fourth-order valence-electron chi connectivity index (χ4n) is 5.03. The molecule has 1 aromatic heterocycles. The number of alkyl halides is 9. The number of fused-ring (bicyclic) bond motifs is 1. The number of nitrogens with two attached hydrogens (primary N) is 1. The Hall–Kier alpha value is -3.40. The minimum absolute atomic E-state index is 0.00201. The normalized spacial score (nSPS) is 19.1. The number of anilines is 1. The molecule has 3 aromatic rings. The summed E-state index contributed by atoms with van der Waals surface area (Å²) in [6.07, 6.45) is -15.2. The van der Waals surface area contributed by atoms with E-state index in [1.54, 1.807) is 13.8 Å². The van der Waals surface area contributed by atoms with Crippen molar-refractivity contribution in [3.05, 3.63) is 86.4 Å². The molecule has 4 rings (SSSR count). The van der Waals surface area contributed by atoms with Crippen LogP contribution in [0.15, 0.2) is 47.1 Å². The van der Waals surface area contributed by atoms with Crippen molar-refractivity contribution in [2.45, 2.75) is 63.2 Å². The van der Waals surface area contributed by atoms with Gasteiger partial charge in [0.15, 0.2) is 0 Å². The zero-order valence-corrected chi connectivity index (χ0v) is 24.5. The molecule has 0 saturated carbocycles. The van der Waals surface area contributed by atoms with Gasteiger partial charge in [-0.25, -0.2) is 14.8 Å². The van der Waals surface area contributed by atoms with Crippen LogP contribution in [-0.2, 0) is 29.7 Å². The molecule has 0 spiro atoms. The Bertz CT molecular complexity index is 1530. The van der Waals surface area contributed by atoms with E-state index in [1.807, 2.05) is 0 Å². The molecule has 1 aliphatic heterocycles. The van der Waals surface area contributed by atoms with Crippen LogP contribution in [0.4, 0.5) is 50.0 Å². The summed E-state index contributed by atoms with van der Waals surface area (Å²) < 4.78 is 127. The molecule has 0 unspecified atom stereocenters. The van der Waals surface area contributed by atoms with E-state index in [0.717, 1.165) is 23.1 Å². The van der Waals surface area contributed by atoms with Gasteiger partial charge in [0.25, 0.3) is 0 Å². The van der Waals surface area contributed by atoms with Gasteiger partial charge in [0.1, 0.15) is 11.5 Å². The maximum Gasteiger partial charge on any atom is 0.416 e. The first-order chi connectivity index (χ1) is 20.3. The van der Waals surface area contributed by atoms with E-state index in [4.69, 9.17) is 10.5 Å². The zero-order valence-electron chi connectivity index (χ0n) is 23.0. The van der Waals surface area contributed by atoms with Gasteiger partial charge in [0.05, 0.1) is 39.2 Å². The lowest BCUT2D eigenvalue weighted by Gasteiger charge is -2.46. The number of nitrogens with zero attached hydrogens (tertiary/aromatic N) is 3. The minimum Gasteiger partial charge on any atom is -0.449 e. The predicted molar refractivity (Wildman–Crippen MR) is 144 cm³/mol. The van der Waals surface area contributed by atoms with Gasteiger partial charge in [-0.05, 0) is 83.2 Å². The van der Waals surface area contributed by atoms with Crippen LogP contribution >= 0.6 is 15.9 Å². The third kappa shape index (κ3) is 6.80. The molecule has 238 valence electrons. The molecule has 2 N–H and O–H groups in total. The molecule has 0 aliphatic carbocycles. The van der Waals surface area contributed by atoms with Crippen molar-refractivity contribution < 1.29 is 49.0 Å². The van der Waals surface area contributed by atoms with Crippen LogP contribution in [0.5, 0.6) is 0 Å². The summed E-state index contributed by atoms with van der Waals surface area (Å²) in [6, 6.07) is 3.82. The fraction of sp³-hybridized carbons (Fsp3) is 0.393. The number of rotatable bonds is 5. The van der Waals surface area contributed by atoms with Crippen LogP contribution in [0.1, 0.15) is 71.9 Å². The maximum absolute atomic E-state index is 13.7. The maximum atomic E-state index is 13.7. The van der Waals surface area contributed by atoms with Gasteiger partial charge in [-0.3, -0.25) is 4.90 Å². The first-order valence-corrected chi connectivity index (χ1v) is 13.8. The molecule has 1 aliphatic rings. The highest BCUT2D eigenvalue weighted by atomic mass is 79.9. The quantitative estimate of drug-likeness (QED) is 0.271. The summed E-state index contributed by atoms with van der Waals surface area (Å²) >= 11 is 3.17. The molecule has 0 radical (unpaired) electrons. The Morgan fingerprint density at radius 2 is 1.57 bits per heavy atom. The number of ether oxygens (including phenoxy) is 1. The first-order valence-electron chi connectivity index (χ1n) is 13.0. The summed E-state index contributed by atoms with van der Waals surface area (Å²) in [5.74, 6) is -1.15. The van der Waals surface area contributed by atoms with Crippen molar-refractivity contribution in [3.8, 4) is 0 Å². The van der Waals surface area contributed by atoms with Crippen LogP contribution in [0.3, 0.4) is 0 Å². The Balaban J connectivity index is 1.87. The van der Waals surface area contributed by atoms with E-state index in [-0.39, 0.29) is 58.3 Å². The topological polar surface area (TPSA) is 81.3 Å². The van der Waals surface area contributed by atoms with E-state index >= 15 is 0 Å². The molecular formula is C28H24BrF9N4O2. The molecule has 6 nitrogen and oxygen atoms in total. The Kier molecular flexibility index (Phi) is 9.01. The van der Waals surface area contributed by atoms with Crippen molar-refractivity contribution in [2.75, 3.05) is 11.5 Å². The number of hydrogen-bond donors (Lipinski definition) is 1. The molecular weight excluding hydrogens is 675 g/mol. The van der Waals surface area contributed by atoms with Gasteiger partial charge < -0.3 is 10.5 Å². The molecule has 0 fully saturated rings. The predicted octanol–water partition coefficient (Wildman–Crippen LogP) is 8.45. The monoisotopic (exact) mass is 698 g/mol. The second-order valence-corrected chi connectivity index (χ2v) is 11.0. The summed E-state index contributed by atoms with van der Waals surface area (Å²) in [6.45, 7) is 3.15. The second-order valence-electron chi connectivity index (χ2n) is 10.1. The SMILES string of the molecule is CCOC(=O)N1c2ccc(C(F)(F)F)cc2[C@@H](c2ncc(Br)c(Cc3cc(C(F)(F)F)cc(C(F)(F)F)c3)n2)C[C@@]1(N)CC. The summed E-state index contributed by atoms with van der Waals surface area (Å²) in [5, 5.41) is 0. The van der Waals surface area contributed by atoms with E-state index in [2.05, 4.69) is 25.9 Å². The van der Waals surface area contributed by atoms with Crippen LogP contribution in [-0.4, -0.2) is 28.3 Å². The number of aromatic nitrogens is 2. The van der Waals surface area contributed by atoms with Crippen molar-refractivity contribution in [3.63, 3.8) is 0 Å². The van der Waals surface area contributed by atoms with Gasteiger partial charge in [-0.15, -0.1) is 0 Å². The summed E-state index contributed by atoms with van der Waals surface area (Å²) in [4.78, 5) is 22.6. The number of benzene rings is 2. The average molecular weight is 699 g/mol. The van der Waals surface area contributed by atoms with Gasteiger partial charge in [-0.1, -0.05) is 6.92 Å². The van der Waals surface area contributed by atoms with E-state index in [9.17, 15) is 44.3 Å². The lowest BCUT2D eigenvalue weighted by Crippen LogP contribution is -2.61. The first kappa shape index (κ1) is 33.5. The van der Waals surface area contributed by atoms with Gasteiger partial charge in [-0.2, -0.15) is 39.5 Å². The van der Waals surface area contributed by atoms with Crippen molar-refractivity contribution in [1.29, 1.82) is 0 Å². The van der Waals surface area contributed by atoms with Gasteiger partial charge in [0.2, 0.25) is 0 Å². The van der Waals surface area contributed by atoms with Gasteiger partial charge in [0, 0.05) is 18.5 Å². The average Bonchev–Trinajstić information content (AvgIpc) is 2.92. The third-order valence-electron chi connectivity index (χ3n) is 7.20. The minimum atomic E-state index is -5.07. The highest BCUT2D eigenvalue weighted by Gasteiger charge is 2.47. The largest absolute Gasteiger partial charge is 0.449 e. The third-order valence-corrected chi connectivity index (χ3v) is 7.87. The molecule has 0 bridgehead atoms. The Morgan fingerprint density at radius 3 is 2.09 bits per heavy atom. The summed E-state index contributed by atoms with van der Waals surface area (Å²) in [5.41, 5.74) is 0.695. The smallest absolute Gasteiger partial charge is 0.416 e. The standard InChI is InChI=1S/C28H24BrF9N4O2/c1-3-25(39)12-19(18-11-15(26(30,31)32)5-6-22(18)42(25)24(43)44-4-2)23-40-13-20(29)21(41-23)9-14-7-16(27(33,34)35)10-17(8-14)28(36,37)38/h5-8,10-11,13,19H,3-4,9,12,39H2,1-2H3/t19-,25+/m0/s1. The Morgan fingerprint density at radius 1 is 0.977 bits per heavy atom. The summed E-state index contributed by atoms with van der Waals surface area (Å²) in [7, 11) is 0. The Labute approximate surface area is 253 Å². The number of carbonyl (C=O) groups is 1. The number of carbonyl (C=O) groups excluding carboxylic acids is 1. The van der Waals surface area contributed by atoms with E-state index < -0.39 is 59.3 Å². The van der Waals surface area contributed by atoms with Crippen LogP contribution in [0.25, 0.3) is 0 Å². The number of hydrogen-bond acceptors (Lipinski definition) is 5. The fourth-order valence-corrected chi connectivity index (χ4v) is 5.36. The lowest BCUT2D eigenvalue weighted by atomic mass is 9.80. The molecule has 1 amide bonds. The van der Waals surface area contributed by atoms with Crippen LogP contribution in [0, 0.1) is 0 Å². The molecule has 2 aromatic carbocycles. The van der Waals surface area contributed by atoms with Crippen LogP contribution < -0.4 is 10.6 Å². The zero-order chi connectivity index (χ0) is 32.8. The van der Waals surface area contributed by atoms with Crippen molar-refractivity contribution in [1.82, 2.24) is 9.97 Å². The molecule has 2 atom stereocenters. The highest BCUT2D eigenvalue weighted by Crippen LogP contribution is 2.47. The number of amides is 1. The molecule has 0 saturated heterocycles. The van der Waals surface area contributed by atoms with Crippen molar-refractivity contribution in [2.24, 2.45) is 5.73 Å². The van der Waals surface area contributed by atoms with E-state index in [1.165, 1.54) is 6.20 Å². The van der Waals surface area contributed by atoms with E-state index in [0.29, 0.717) is 12.1 Å². The molecule has 44 heavy (non-hydrogen) atoms. The highest BCUT2D eigenvalue weighted by molar-refractivity contribution is 9.10. The molecule has 16 heteroatoms. The lowest BCUT2D eigenvalue weighted by molar-refractivity contribution is -0.143. The molecule has 2 heterocycles. The van der Waals surface area contributed by atoms with Crippen molar-refractivity contribution >= 4 is 27.7 Å². The van der Waals surface area contributed by atoms with Crippen LogP contribution in [0.2, 0.25) is 0 Å².